The van der Waals surface area contributed by atoms with Crippen LogP contribution in [0.5, 0.6) is 0 Å². The first-order valence-electron chi connectivity index (χ1n) is 8.48. The van der Waals surface area contributed by atoms with Gasteiger partial charge in [0, 0.05) is 24.3 Å². The van der Waals surface area contributed by atoms with Crippen LogP contribution in [0.2, 0.25) is 5.02 Å². The van der Waals surface area contributed by atoms with E-state index in [2.05, 4.69) is 30.5 Å². The number of sulfonamides is 1. The highest BCUT2D eigenvalue weighted by atomic mass is 35.5. The number of rotatable bonds is 9. The van der Waals surface area contributed by atoms with Crippen molar-refractivity contribution in [2.75, 3.05) is 23.7 Å². The first kappa shape index (κ1) is 20.0. The normalized spacial score (nSPS) is 11.2. The topological polar surface area (TPSA) is 109 Å². The molecule has 28 heavy (non-hydrogen) atoms. The van der Waals surface area contributed by atoms with E-state index in [1.165, 1.54) is 0 Å². The van der Waals surface area contributed by atoms with Crippen LogP contribution < -0.4 is 15.4 Å². The minimum absolute atomic E-state index is 0.124. The lowest BCUT2D eigenvalue weighted by atomic mass is 10.2. The van der Waals surface area contributed by atoms with Crippen LogP contribution >= 0.6 is 11.6 Å². The van der Waals surface area contributed by atoms with Crippen LogP contribution in [0.4, 0.5) is 17.5 Å². The summed E-state index contributed by atoms with van der Waals surface area (Å²) in [5.74, 6) is 1.65. The molecular weight excluding hydrogens is 400 g/mol. The van der Waals surface area contributed by atoms with Crippen molar-refractivity contribution in [1.82, 2.24) is 19.9 Å². The number of nitrogens with one attached hydrogen (secondary N) is 3. The Morgan fingerprint density at radius 2 is 1.71 bits per heavy atom. The van der Waals surface area contributed by atoms with Crippen LogP contribution in [0, 0.1) is 0 Å². The summed E-state index contributed by atoms with van der Waals surface area (Å²) in [6.07, 6.45) is 1.68. The Morgan fingerprint density at radius 3 is 2.43 bits per heavy atom. The summed E-state index contributed by atoms with van der Waals surface area (Å²) in [6.45, 7) is 0.592. The van der Waals surface area contributed by atoms with Gasteiger partial charge in [-0.25, -0.2) is 18.1 Å². The molecule has 3 aromatic rings. The molecule has 0 spiro atoms. The van der Waals surface area contributed by atoms with Crippen molar-refractivity contribution in [2.24, 2.45) is 0 Å². The molecule has 0 radical (unpaired) electrons. The lowest BCUT2D eigenvalue weighted by molar-refractivity contribution is 0.582. The molecule has 0 saturated carbocycles. The van der Waals surface area contributed by atoms with Crippen LogP contribution in [0.3, 0.4) is 0 Å². The minimum Gasteiger partial charge on any atom is -0.367 e. The summed E-state index contributed by atoms with van der Waals surface area (Å²) in [6, 6.07) is 15.8. The third kappa shape index (κ3) is 6.45. The number of anilines is 3. The molecule has 2 aromatic heterocycles. The van der Waals surface area contributed by atoms with Gasteiger partial charge in [-0.1, -0.05) is 29.8 Å². The standard InChI is InChI=1S/C18H19ClN6O2S/c19-15-5-3-4-14(12-15)13-28(26,27)22-11-10-21-17-7-8-18(25-24-17)23-16-6-1-2-9-20-16/h1-9,12,22H,10-11,13H2,(H,21,24)(H,20,23,25). The average Bonchev–Trinajstić information content (AvgIpc) is 2.67. The van der Waals surface area contributed by atoms with E-state index in [1.807, 2.05) is 18.2 Å². The summed E-state index contributed by atoms with van der Waals surface area (Å²) >= 11 is 5.88. The predicted octanol–water partition coefficient (Wildman–Crippen LogP) is 2.80. The van der Waals surface area contributed by atoms with E-state index >= 15 is 0 Å². The number of nitrogens with zero attached hydrogens (tertiary/aromatic N) is 3. The van der Waals surface area contributed by atoms with Gasteiger partial charge < -0.3 is 10.6 Å². The quantitative estimate of drug-likeness (QED) is 0.458. The Morgan fingerprint density at radius 1 is 0.893 bits per heavy atom. The van der Waals surface area contributed by atoms with E-state index in [9.17, 15) is 8.42 Å². The van der Waals surface area contributed by atoms with Crippen LogP contribution in [-0.2, 0) is 15.8 Å². The van der Waals surface area contributed by atoms with Gasteiger partial charge in [0.05, 0.1) is 5.75 Å². The molecule has 146 valence electrons. The third-order valence-electron chi connectivity index (χ3n) is 3.58. The first-order chi connectivity index (χ1) is 13.5. The van der Waals surface area contributed by atoms with Crippen molar-refractivity contribution in [3.8, 4) is 0 Å². The highest BCUT2D eigenvalue weighted by Gasteiger charge is 2.11. The molecule has 0 amide bonds. The zero-order chi connectivity index (χ0) is 19.8. The van der Waals surface area contributed by atoms with Crippen LogP contribution in [-0.4, -0.2) is 36.7 Å². The second-order valence-electron chi connectivity index (χ2n) is 5.85. The smallest absolute Gasteiger partial charge is 0.215 e. The molecule has 0 saturated heterocycles. The van der Waals surface area contributed by atoms with Crippen molar-refractivity contribution in [3.63, 3.8) is 0 Å². The Bertz CT molecular complexity index is 1000. The van der Waals surface area contributed by atoms with Crippen LogP contribution in [0.1, 0.15) is 5.56 Å². The maximum atomic E-state index is 12.1. The molecule has 0 atom stereocenters. The van der Waals surface area contributed by atoms with Crippen molar-refractivity contribution >= 4 is 39.1 Å². The molecule has 10 heteroatoms. The van der Waals surface area contributed by atoms with Gasteiger partial charge in [-0.2, -0.15) is 0 Å². The summed E-state index contributed by atoms with van der Waals surface area (Å²) in [5, 5.41) is 14.7. The Hall–Kier alpha value is -2.75. The summed E-state index contributed by atoms with van der Waals surface area (Å²) in [7, 11) is -3.45. The molecular formula is C18H19ClN6O2S. The highest BCUT2D eigenvalue weighted by Crippen LogP contribution is 2.13. The zero-order valence-corrected chi connectivity index (χ0v) is 16.4. The van der Waals surface area contributed by atoms with Crippen molar-refractivity contribution in [2.45, 2.75) is 5.75 Å². The summed E-state index contributed by atoms with van der Waals surface area (Å²) < 4.78 is 26.8. The summed E-state index contributed by atoms with van der Waals surface area (Å²) in [5.41, 5.74) is 0.634. The Labute approximate surface area is 168 Å². The number of benzene rings is 1. The molecule has 1 aromatic carbocycles. The molecule has 0 bridgehead atoms. The van der Waals surface area contributed by atoms with Gasteiger partial charge in [-0.15, -0.1) is 10.2 Å². The van der Waals surface area contributed by atoms with E-state index in [0.717, 1.165) is 0 Å². The van der Waals surface area contributed by atoms with E-state index in [1.54, 1.807) is 42.6 Å². The maximum Gasteiger partial charge on any atom is 0.215 e. The fraction of sp³-hybridized carbons (Fsp3) is 0.167. The first-order valence-corrected chi connectivity index (χ1v) is 10.5. The molecule has 0 aliphatic heterocycles. The molecule has 0 unspecified atom stereocenters. The Kier molecular flexibility index (Phi) is 6.75. The Balaban J connectivity index is 1.43. The molecule has 0 aliphatic rings. The maximum absolute atomic E-state index is 12.1. The van der Waals surface area contributed by atoms with Crippen molar-refractivity contribution < 1.29 is 8.42 Å². The number of hydrogen-bond acceptors (Lipinski definition) is 7. The SMILES string of the molecule is O=S(=O)(Cc1cccc(Cl)c1)NCCNc1ccc(Nc2ccccn2)nn1. The molecule has 2 heterocycles. The van der Waals surface area contributed by atoms with Crippen LogP contribution in [0.25, 0.3) is 0 Å². The fourth-order valence-corrected chi connectivity index (χ4v) is 3.70. The summed E-state index contributed by atoms with van der Waals surface area (Å²) in [4.78, 5) is 4.15. The molecule has 0 fully saturated rings. The third-order valence-corrected chi connectivity index (χ3v) is 5.18. The lowest BCUT2D eigenvalue weighted by Gasteiger charge is -2.09. The van der Waals surface area contributed by atoms with Gasteiger partial charge >= 0.3 is 0 Å². The van der Waals surface area contributed by atoms with E-state index in [4.69, 9.17) is 11.6 Å². The van der Waals surface area contributed by atoms with Gasteiger partial charge in [-0.3, -0.25) is 0 Å². The second kappa shape index (κ2) is 9.45. The zero-order valence-electron chi connectivity index (χ0n) is 14.8. The van der Waals surface area contributed by atoms with E-state index in [0.29, 0.717) is 34.6 Å². The number of pyridine rings is 1. The van der Waals surface area contributed by atoms with E-state index < -0.39 is 10.0 Å². The van der Waals surface area contributed by atoms with Gasteiger partial charge in [0.2, 0.25) is 10.0 Å². The van der Waals surface area contributed by atoms with Gasteiger partial charge in [0.1, 0.15) is 11.6 Å². The minimum atomic E-state index is -3.45. The molecule has 3 rings (SSSR count). The second-order valence-corrected chi connectivity index (χ2v) is 8.10. The van der Waals surface area contributed by atoms with Crippen LogP contribution in [0.15, 0.2) is 60.8 Å². The largest absolute Gasteiger partial charge is 0.367 e. The lowest BCUT2D eigenvalue weighted by Crippen LogP contribution is -2.30. The number of halogens is 1. The monoisotopic (exact) mass is 418 g/mol. The average molecular weight is 419 g/mol. The number of hydrogen-bond donors (Lipinski definition) is 3. The highest BCUT2D eigenvalue weighted by molar-refractivity contribution is 7.88. The fourth-order valence-electron chi connectivity index (χ4n) is 2.36. The molecule has 8 nitrogen and oxygen atoms in total. The predicted molar refractivity (Wildman–Crippen MR) is 110 cm³/mol. The van der Waals surface area contributed by atoms with Gasteiger partial charge in [0.15, 0.2) is 5.82 Å². The molecule has 3 N–H and O–H groups in total. The van der Waals surface area contributed by atoms with E-state index in [-0.39, 0.29) is 12.3 Å². The van der Waals surface area contributed by atoms with Crippen molar-refractivity contribution in [1.29, 1.82) is 0 Å². The number of aromatic nitrogens is 3. The molecule has 0 aliphatic carbocycles. The van der Waals surface area contributed by atoms with Crippen molar-refractivity contribution in [3.05, 3.63) is 71.4 Å². The van der Waals surface area contributed by atoms with Gasteiger partial charge in [0.25, 0.3) is 0 Å². The van der Waals surface area contributed by atoms with Gasteiger partial charge in [-0.05, 0) is 42.0 Å².